The molecule has 0 aliphatic carbocycles. The number of carboxylic acid groups (broad SMARTS) is 1. The van der Waals surface area contributed by atoms with E-state index in [2.05, 4.69) is 5.32 Å². The van der Waals surface area contributed by atoms with Gasteiger partial charge < -0.3 is 15.2 Å². The van der Waals surface area contributed by atoms with Crippen molar-refractivity contribution in [3.63, 3.8) is 0 Å². The molecule has 2 aromatic carbocycles. The summed E-state index contributed by atoms with van der Waals surface area (Å²) in [4.78, 5) is 35.3. The number of carboxylic acids is 1. The van der Waals surface area contributed by atoms with E-state index >= 15 is 0 Å². The summed E-state index contributed by atoms with van der Waals surface area (Å²) >= 11 is 0. The highest BCUT2D eigenvalue weighted by Crippen LogP contribution is 2.18. The highest BCUT2D eigenvalue weighted by atomic mass is 16.6. The first-order valence-electron chi connectivity index (χ1n) is 9.06. The fraction of sp³-hybridized carbons (Fsp3) is 0.318. The lowest BCUT2D eigenvalue weighted by Gasteiger charge is -2.20. The second-order valence-corrected chi connectivity index (χ2v) is 7.47. The van der Waals surface area contributed by atoms with Gasteiger partial charge in [0.25, 0.3) is 0 Å². The second kappa shape index (κ2) is 9.17. The number of amides is 1. The van der Waals surface area contributed by atoms with Crippen LogP contribution < -0.4 is 5.32 Å². The van der Waals surface area contributed by atoms with Crippen LogP contribution in [0.4, 0.5) is 5.69 Å². The summed E-state index contributed by atoms with van der Waals surface area (Å²) < 4.78 is 5.34. The average Bonchev–Trinajstić information content (AvgIpc) is 2.60. The molecule has 2 aromatic rings. The Morgan fingerprint density at radius 1 is 1.00 bits per heavy atom. The maximum atomic E-state index is 12.3. The summed E-state index contributed by atoms with van der Waals surface area (Å²) in [6, 6.07) is 13.6. The van der Waals surface area contributed by atoms with Crippen LogP contribution in [0.2, 0.25) is 0 Å². The smallest absolute Gasteiger partial charge is 0.335 e. The Kier molecular flexibility index (Phi) is 6.93. The number of carbonyl (C=O) groups is 3. The minimum Gasteiger partial charge on any atom is -0.478 e. The van der Waals surface area contributed by atoms with Crippen molar-refractivity contribution in [3.05, 3.63) is 65.2 Å². The Morgan fingerprint density at radius 2 is 1.64 bits per heavy atom. The van der Waals surface area contributed by atoms with Crippen LogP contribution in [0.25, 0.3) is 0 Å². The Labute approximate surface area is 164 Å². The minimum absolute atomic E-state index is 0.0738. The Morgan fingerprint density at radius 3 is 2.25 bits per heavy atom. The number of anilines is 1. The number of nitrogens with one attached hydrogen (secondary N) is 1. The van der Waals surface area contributed by atoms with Crippen molar-refractivity contribution in [1.29, 1.82) is 0 Å². The maximum Gasteiger partial charge on any atom is 0.335 e. The zero-order valence-electron chi connectivity index (χ0n) is 16.3. The lowest BCUT2D eigenvalue weighted by atomic mass is 10.1. The maximum absolute atomic E-state index is 12.3. The molecule has 0 aromatic heterocycles. The lowest BCUT2D eigenvalue weighted by Crippen LogP contribution is -2.25. The number of rotatable bonds is 7. The number of hydrogen-bond donors (Lipinski definition) is 2. The van der Waals surface area contributed by atoms with Gasteiger partial charge in [-0.2, -0.15) is 0 Å². The third-order valence-electron chi connectivity index (χ3n) is 3.89. The molecule has 0 spiro atoms. The van der Waals surface area contributed by atoms with Crippen molar-refractivity contribution in [2.24, 2.45) is 0 Å². The average molecular weight is 383 g/mol. The van der Waals surface area contributed by atoms with Crippen molar-refractivity contribution in [2.45, 2.75) is 45.6 Å². The third kappa shape index (κ3) is 6.87. The van der Waals surface area contributed by atoms with Crippen LogP contribution in [0.15, 0.2) is 48.5 Å². The van der Waals surface area contributed by atoms with E-state index in [0.717, 1.165) is 5.56 Å². The molecule has 0 saturated heterocycles. The monoisotopic (exact) mass is 383 g/mol. The van der Waals surface area contributed by atoms with Crippen molar-refractivity contribution in [3.8, 4) is 0 Å². The fourth-order valence-corrected chi connectivity index (χ4v) is 2.61. The topological polar surface area (TPSA) is 92.7 Å². The molecule has 0 saturated carbocycles. The fourth-order valence-electron chi connectivity index (χ4n) is 2.61. The van der Waals surface area contributed by atoms with Crippen LogP contribution in [-0.4, -0.2) is 28.6 Å². The molecular formula is C22H25NO5. The zero-order chi connectivity index (χ0) is 20.7. The number of esters is 1. The summed E-state index contributed by atoms with van der Waals surface area (Å²) in [5, 5.41) is 11.7. The molecule has 0 aliphatic rings. The Bertz CT molecular complexity index is 850. The lowest BCUT2D eigenvalue weighted by molar-refractivity contribution is -0.153. The van der Waals surface area contributed by atoms with Gasteiger partial charge in [-0.3, -0.25) is 9.59 Å². The zero-order valence-corrected chi connectivity index (χ0v) is 16.3. The van der Waals surface area contributed by atoms with Gasteiger partial charge >= 0.3 is 11.9 Å². The normalized spacial score (nSPS) is 11.0. The van der Waals surface area contributed by atoms with E-state index in [1.807, 2.05) is 20.8 Å². The van der Waals surface area contributed by atoms with E-state index < -0.39 is 11.6 Å². The number of benzene rings is 2. The van der Waals surface area contributed by atoms with Crippen LogP contribution in [0.1, 0.15) is 48.7 Å². The van der Waals surface area contributed by atoms with Gasteiger partial charge in [-0.1, -0.05) is 30.3 Å². The molecule has 1 amide bonds. The van der Waals surface area contributed by atoms with Crippen molar-refractivity contribution in [2.75, 3.05) is 5.32 Å². The van der Waals surface area contributed by atoms with Crippen LogP contribution in [-0.2, 0) is 27.2 Å². The quantitative estimate of drug-likeness (QED) is 0.709. The molecule has 0 fully saturated rings. The Hall–Kier alpha value is -3.15. The van der Waals surface area contributed by atoms with Gasteiger partial charge in [0.1, 0.15) is 5.60 Å². The molecule has 0 heterocycles. The highest BCUT2D eigenvalue weighted by molar-refractivity contribution is 5.92. The summed E-state index contributed by atoms with van der Waals surface area (Å²) in [7, 11) is 0. The Balaban J connectivity index is 1.94. The largest absolute Gasteiger partial charge is 0.478 e. The number of para-hydroxylation sites is 1. The molecule has 6 heteroatoms. The SMILES string of the molecule is CC(C)(C)OC(=O)Cc1ccccc1NC(=O)CCc1ccc(C(=O)O)cc1. The minimum atomic E-state index is -0.981. The summed E-state index contributed by atoms with van der Waals surface area (Å²) in [6.45, 7) is 5.42. The first-order valence-corrected chi connectivity index (χ1v) is 9.06. The first kappa shape index (κ1) is 21.2. The molecule has 28 heavy (non-hydrogen) atoms. The van der Waals surface area contributed by atoms with Gasteiger partial charge in [-0.05, 0) is 56.5 Å². The molecule has 0 atom stereocenters. The van der Waals surface area contributed by atoms with Gasteiger partial charge in [0, 0.05) is 12.1 Å². The molecule has 2 N–H and O–H groups in total. The molecule has 0 unspecified atom stereocenters. The van der Waals surface area contributed by atoms with Crippen LogP contribution in [0.5, 0.6) is 0 Å². The van der Waals surface area contributed by atoms with Crippen molar-refractivity contribution < 1.29 is 24.2 Å². The molecule has 148 valence electrons. The van der Waals surface area contributed by atoms with Gasteiger partial charge in [-0.15, -0.1) is 0 Å². The molecule has 6 nitrogen and oxygen atoms in total. The summed E-state index contributed by atoms with van der Waals surface area (Å²) in [6.07, 6.45) is 0.803. The summed E-state index contributed by atoms with van der Waals surface area (Å²) in [5.74, 6) is -1.52. The molecule has 0 bridgehead atoms. The number of aromatic carboxylic acids is 1. The highest BCUT2D eigenvalue weighted by Gasteiger charge is 2.18. The van der Waals surface area contributed by atoms with Gasteiger partial charge in [0.2, 0.25) is 5.91 Å². The third-order valence-corrected chi connectivity index (χ3v) is 3.89. The second-order valence-electron chi connectivity index (χ2n) is 7.47. The molecule has 0 aliphatic heterocycles. The number of hydrogen-bond acceptors (Lipinski definition) is 4. The van der Waals surface area contributed by atoms with Crippen molar-refractivity contribution in [1.82, 2.24) is 0 Å². The van der Waals surface area contributed by atoms with E-state index in [1.165, 1.54) is 12.1 Å². The number of ether oxygens (including phenoxy) is 1. The molecule has 0 radical (unpaired) electrons. The predicted molar refractivity (Wildman–Crippen MR) is 106 cm³/mol. The summed E-state index contributed by atoms with van der Waals surface area (Å²) in [5.41, 5.74) is 1.80. The molecular weight excluding hydrogens is 358 g/mol. The van der Waals surface area contributed by atoms with E-state index in [-0.39, 0.29) is 30.3 Å². The van der Waals surface area contributed by atoms with E-state index in [0.29, 0.717) is 17.7 Å². The van der Waals surface area contributed by atoms with Crippen LogP contribution in [0.3, 0.4) is 0 Å². The van der Waals surface area contributed by atoms with Gasteiger partial charge in [0.05, 0.1) is 12.0 Å². The molecule has 2 rings (SSSR count). The number of carbonyl (C=O) groups excluding carboxylic acids is 2. The predicted octanol–water partition coefficient (Wildman–Crippen LogP) is 3.84. The van der Waals surface area contributed by atoms with E-state index in [1.54, 1.807) is 36.4 Å². The number of aryl methyl sites for hydroxylation is 1. The first-order chi connectivity index (χ1) is 13.1. The van der Waals surface area contributed by atoms with Crippen LogP contribution in [0, 0.1) is 0 Å². The van der Waals surface area contributed by atoms with Gasteiger partial charge in [-0.25, -0.2) is 4.79 Å². The van der Waals surface area contributed by atoms with E-state index in [9.17, 15) is 14.4 Å². The standard InChI is InChI=1S/C22H25NO5/c1-22(2,3)28-20(25)14-17-6-4-5-7-18(17)23-19(24)13-10-15-8-11-16(12-9-15)21(26)27/h4-9,11-12H,10,13-14H2,1-3H3,(H,23,24)(H,26,27). The van der Waals surface area contributed by atoms with Crippen LogP contribution >= 0.6 is 0 Å². The van der Waals surface area contributed by atoms with Gasteiger partial charge in [0.15, 0.2) is 0 Å². The van der Waals surface area contributed by atoms with Crippen molar-refractivity contribution >= 4 is 23.5 Å². The van der Waals surface area contributed by atoms with E-state index in [4.69, 9.17) is 9.84 Å².